The third-order valence-electron chi connectivity index (χ3n) is 7.44. The van der Waals surface area contributed by atoms with E-state index in [1.165, 1.54) is 24.8 Å². The molecule has 0 unspecified atom stereocenters. The van der Waals surface area contributed by atoms with Gasteiger partial charge in [0.15, 0.2) is 17.3 Å². The zero-order valence-corrected chi connectivity index (χ0v) is 22.4. The second-order valence-corrected chi connectivity index (χ2v) is 10.4. The Balaban J connectivity index is 1.15. The standard InChI is InChI=1S/C28H23ClFN9O2/c1-2-24(40)38-12-16-9-17(38)13-37(11-16)22-6-4-20-27(36-22)28(33-14-31-20)35-19-3-5-21(25(29)26(19)30)41-18-7-8-39-23(10-18)32-15-34-39/h2-8,10,14-17H,1,9,11-13H2,(H,31,33,35)/t16-,17+/m0/s1. The molecule has 2 aliphatic heterocycles. The number of nitrogens with zero attached hydrogens (tertiary/aromatic N) is 8. The largest absolute Gasteiger partial charge is 0.455 e. The number of amides is 1. The highest BCUT2D eigenvalue weighted by Crippen LogP contribution is 2.37. The van der Waals surface area contributed by atoms with Crippen LogP contribution in [0.5, 0.6) is 11.5 Å². The summed E-state index contributed by atoms with van der Waals surface area (Å²) >= 11 is 6.37. The van der Waals surface area contributed by atoms with Gasteiger partial charge in [-0.2, -0.15) is 5.10 Å². The van der Waals surface area contributed by atoms with E-state index in [9.17, 15) is 4.79 Å². The number of halogens is 2. The van der Waals surface area contributed by atoms with Crippen molar-refractivity contribution in [1.82, 2.24) is 34.4 Å². The molecular weight excluding hydrogens is 549 g/mol. The average molecular weight is 572 g/mol. The van der Waals surface area contributed by atoms with E-state index in [0.717, 1.165) is 18.8 Å². The van der Waals surface area contributed by atoms with Crippen LogP contribution in [0.2, 0.25) is 5.02 Å². The second kappa shape index (κ2) is 9.97. The molecule has 1 N–H and O–H groups in total. The molecule has 5 aromatic rings. The molecule has 0 aliphatic carbocycles. The first kappa shape index (κ1) is 25.1. The molecule has 0 spiro atoms. The highest BCUT2D eigenvalue weighted by atomic mass is 35.5. The second-order valence-electron chi connectivity index (χ2n) is 10.0. The highest BCUT2D eigenvalue weighted by Gasteiger charge is 2.40. The minimum atomic E-state index is -0.699. The lowest BCUT2D eigenvalue weighted by atomic mass is 10.00. The lowest BCUT2D eigenvalue weighted by molar-refractivity contribution is -0.126. The van der Waals surface area contributed by atoms with E-state index >= 15 is 4.39 Å². The van der Waals surface area contributed by atoms with Gasteiger partial charge < -0.3 is 19.9 Å². The first-order valence-electron chi connectivity index (χ1n) is 13.0. The molecule has 0 radical (unpaired) electrons. The van der Waals surface area contributed by atoms with Crippen LogP contribution in [0.25, 0.3) is 16.7 Å². The fraction of sp³-hybridized carbons (Fsp3) is 0.214. The number of hydrogen-bond acceptors (Lipinski definition) is 9. The minimum absolute atomic E-state index is 0.0424. The maximum Gasteiger partial charge on any atom is 0.246 e. The Morgan fingerprint density at radius 3 is 2.90 bits per heavy atom. The van der Waals surface area contributed by atoms with E-state index in [4.69, 9.17) is 21.3 Å². The summed E-state index contributed by atoms with van der Waals surface area (Å²) < 4.78 is 22.8. The van der Waals surface area contributed by atoms with Crippen LogP contribution in [0.3, 0.4) is 0 Å². The summed E-state index contributed by atoms with van der Waals surface area (Å²) in [7, 11) is 0. The van der Waals surface area contributed by atoms with E-state index in [2.05, 4.69) is 36.8 Å². The zero-order valence-electron chi connectivity index (χ0n) is 21.6. The van der Waals surface area contributed by atoms with E-state index in [1.807, 2.05) is 17.0 Å². The first-order valence-corrected chi connectivity index (χ1v) is 13.4. The molecule has 13 heteroatoms. The van der Waals surface area contributed by atoms with Crippen LogP contribution in [-0.2, 0) is 4.79 Å². The molecule has 2 aliphatic rings. The number of pyridine rings is 2. The number of aromatic nitrogens is 6. The van der Waals surface area contributed by atoms with Gasteiger partial charge in [0.1, 0.15) is 40.5 Å². The topological polar surface area (TPSA) is 114 Å². The van der Waals surface area contributed by atoms with Crippen LogP contribution in [0.4, 0.5) is 21.7 Å². The maximum atomic E-state index is 15.4. The monoisotopic (exact) mass is 571 g/mol. The summed E-state index contributed by atoms with van der Waals surface area (Å²) in [6.07, 6.45) is 6.84. The summed E-state index contributed by atoms with van der Waals surface area (Å²) in [6.45, 7) is 5.79. The summed E-state index contributed by atoms with van der Waals surface area (Å²) in [5, 5.41) is 6.88. The van der Waals surface area contributed by atoms with Gasteiger partial charge in [0, 0.05) is 37.9 Å². The number of rotatable bonds is 6. The third kappa shape index (κ3) is 4.55. The van der Waals surface area contributed by atoms with Gasteiger partial charge in [-0.1, -0.05) is 18.2 Å². The van der Waals surface area contributed by atoms with E-state index < -0.39 is 5.82 Å². The van der Waals surface area contributed by atoms with Crippen LogP contribution in [-0.4, -0.2) is 66.0 Å². The molecule has 1 amide bonds. The Kier molecular flexibility index (Phi) is 6.11. The molecule has 2 fully saturated rings. The fourth-order valence-corrected chi connectivity index (χ4v) is 5.76. The lowest BCUT2D eigenvalue weighted by Crippen LogP contribution is -2.44. The van der Waals surface area contributed by atoms with Crippen molar-refractivity contribution in [2.75, 3.05) is 29.9 Å². The fourth-order valence-electron chi connectivity index (χ4n) is 5.55. The quantitative estimate of drug-likeness (QED) is 0.292. The average Bonchev–Trinajstić information content (AvgIpc) is 3.59. The van der Waals surface area contributed by atoms with Crippen LogP contribution in [0.15, 0.2) is 67.9 Å². The van der Waals surface area contributed by atoms with Crippen molar-refractivity contribution in [3.63, 3.8) is 0 Å². The number of benzene rings is 1. The summed E-state index contributed by atoms with van der Waals surface area (Å²) in [4.78, 5) is 34.0. The minimum Gasteiger partial charge on any atom is -0.455 e. The molecule has 41 heavy (non-hydrogen) atoms. The number of carbonyl (C=O) groups is 1. The Labute approximate surface area is 238 Å². The van der Waals surface area contributed by atoms with Gasteiger partial charge in [0.25, 0.3) is 0 Å². The molecule has 206 valence electrons. The van der Waals surface area contributed by atoms with Crippen molar-refractivity contribution in [3.05, 3.63) is 78.7 Å². The van der Waals surface area contributed by atoms with Gasteiger partial charge >= 0.3 is 0 Å². The van der Waals surface area contributed by atoms with Gasteiger partial charge in [-0.25, -0.2) is 28.8 Å². The van der Waals surface area contributed by atoms with Crippen molar-refractivity contribution in [2.45, 2.75) is 12.5 Å². The predicted octanol–water partition coefficient (Wildman–Crippen LogP) is 4.62. The van der Waals surface area contributed by atoms with Crippen molar-refractivity contribution < 1.29 is 13.9 Å². The van der Waals surface area contributed by atoms with Gasteiger partial charge in [-0.15, -0.1) is 0 Å². The van der Waals surface area contributed by atoms with Crippen molar-refractivity contribution in [3.8, 4) is 11.5 Å². The molecule has 6 heterocycles. The van der Waals surface area contributed by atoms with Crippen molar-refractivity contribution in [2.24, 2.45) is 5.92 Å². The van der Waals surface area contributed by atoms with E-state index in [1.54, 1.807) is 28.9 Å². The number of likely N-dealkylation sites (tertiary alicyclic amines) is 1. The highest BCUT2D eigenvalue weighted by molar-refractivity contribution is 6.32. The van der Waals surface area contributed by atoms with Gasteiger partial charge in [0.2, 0.25) is 5.91 Å². The number of fused-ring (bicyclic) bond motifs is 4. The lowest BCUT2D eigenvalue weighted by Gasteiger charge is -2.33. The van der Waals surface area contributed by atoms with E-state index in [0.29, 0.717) is 47.3 Å². The van der Waals surface area contributed by atoms with Crippen LogP contribution < -0.4 is 15.0 Å². The van der Waals surface area contributed by atoms with Gasteiger partial charge in [-0.3, -0.25) is 4.79 Å². The Morgan fingerprint density at radius 1 is 1.12 bits per heavy atom. The molecule has 0 saturated carbocycles. The van der Waals surface area contributed by atoms with Crippen molar-refractivity contribution >= 4 is 51.5 Å². The van der Waals surface area contributed by atoms with Gasteiger partial charge in [-0.05, 0) is 48.7 Å². The molecule has 7 rings (SSSR count). The summed E-state index contributed by atoms with van der Waals surface area (Å²) in [6, 6.07) is 10.3. The van der Waals surface area contributed by atoms with Crippen LogP contribution >= 0.6 is 11.6 Å². The molecular formula is C28H23ClFN9O2. The molecule has 2 saturated heterocycles. The molecule has 11 nitrogen and oxygen atoms in total. The first-order chi connectivity index (χ1) is 20.0. The smallest absolute Gasteiger partial charge is 0.246 e. The normalized spacial score (nSPS) is 18.2. The Bertz CT molecular complexity index is 1830. The number of nitrogens with one attached hydrogen (secondary N) is 1. The van der Waals surface area contributed by atoms with Gasteiger partial charge in [0.05, 0.1) is 11.2 Å². The SMILES string of the molecule is C=CC(=O)N1C[C@H]2C[C@@H]1CN(c1ccc3ncnc(Nc4ccc(Oc5ccn6ncnc6c5)c(Cl)c4F)c3n1)C2. The van der Waals surface area contributed by atoms with E-state index in [-0.39, 0.29) is 28.4 Å². The van der Waals surface area contributed by atoms with Crippen LogP contribution in [0.1, 0.15) is 6.42 Å². The molecule has 4 aromatic heterocycles. The number of piperidine rings is 1. The molecule has 2 bridgehead atoms. The number of ether oxygens (including phenoxy) is 1. The van der Waals surface area contributed by atoms with Crippen LogP contribution in [0, 0.1) is 11.7 Å². The number of carbonyl (C=O) groups excluding carboxylic acids is 1. The maximum absolute atomic E-state index is 15.4. The van der Waals surface area contributed by atoms with Crippen molar-refractivity contribution in [1.29, 1.82) is 0 Å². The Hall–Kier alpha value is -4.84. The summed E-state index contributed by atoms with van der Waals surface area (Å²) in [5.74, 6) is 1.28. The number of hydrogen-bond donors (Lipinski definition) is 1. The molecule has 2 atom stereocenters. The third-order valence-corrected chi connectivity index (χ3v) is 7.79. The zero-order chi connectivity index (χ0) is 28.1. The summed E-state index contributed by atoms with van der Waals surface area (Å²) in [5.41, 5.74) is 1.78. The number of anilines is 3. The Morgan fingerprint density at radius 2 is 2.02 bits per heavy atom. The molecule has 1 aromatic carbocycles. The predicted molar refractivity (Wildman–Crippen MR) is 151 cm³/mol.